The van der Waals surface area contributed by atoms with E-state index in [1.54, 1.807) is 57.3 Å². The third-order valence-electron chi connectivity index (χ3n) is 10.8. The normalized spacial score (nSPS) is 24.5. The Kier molecular flexibility index (Phi) is 14.2. The van der Waals surface area contributed by atoms with Gasteiger partial charge in [0.25, 0.3) is 11.8 Å². The van der Waals surface area contributed by atoms with Crippen molar-refractivity contribution in [2.24, 2.45) is 5.92 Å². The minimum Gasteiger partial charge on any atom is -0.445 e. The number of likely N-dealkylation sites (tertiary alicyclic amines) is 1. The number of ether oxygens (including phenoxy) is 2. The molecule has 0 radical (unpaired) electrons. The highest BCUT2D eigenvalue weighted by atomic mass is 16.6. The molecular weight excluding hydrogens is 812 g/mol. The second-order valence-electron chi connectivity index (χ2n) is 15.5. The summed E-state index contributed by atoms with van der Waals surface area (Å²) >= 11 is 0. The SMILES string of the molecule is CC(C)[C@H](NC(=O)CCN1C(=O)C=CC1=O)C(=O)N[C@@H](C)C(=O)Nc1ccc(COC(=O)N2CC[C@H](O)[C@@H]2C(=O)N[C@@H]2[C@@H](O)[C@@H](O)[C@@H](Nc3ncnc4cc[nH]c34)O[C@H]2C)cc1. The molecule has 2 saturated heterocycles. The molecule has 0 bridgehead atoms. The average Bonchev–Trinajstić information content (AvgIpc) is 3.97. The van der Waals surface area contributed by atoms with E-state index in [2.05, 4.69) is 41.5 Å². The lowest BCUT2D eigenvalue weighted by atomic mass is 9.95. The number of aromatic amines is 1. The second-order valence-corrected chi connectivity index (χ2v) is 15.5. The summed E-state index contributed by atoms with van der Waals surface area (Å²) in [4.78, 5) is 102. The van der Waals surface area contributed by atoms with Gasteiger partial charge in [0.15, 0.2) is 12.0 Å². The van der Waals surface area contributed by atoms with Crippen LogP contribution in [0, 0.1) is 5.92 Å². The molecular formula is C40H50N10O12. The molecule has 0 saturated carbocycles. The molecule has 2 aromatic heterocycles. The molecule has 22 nitrogen and oxygen atoms in total. The van der Waals surface area contributed by atoms with E-state index in [1.807, 2.05) is 0 Å². The Hall–Kier alpha value is -6.49. The van der Waals surface area contributed by atoms with Crippen LogP contribution in [0.2, 0.25) is 0 Å². The number of carbonyl (C=O) groups excluding carboxylic acids is 7. The van der Waals surface area contributed by atoms with Crippen LogP contribution in [-0.2, 0) is 44.8 Å². The maximum atomic E-state index is 13.5. The van der Waals surface area contributed by atoms with E-state index >= 15 is 0 Å². The van der Waals surface area contributed by atoms with Crippen LogP contribution in [0.25, 0.3) is 11.0 Å². The van der Waals surface area contributed by atoms with Crippen molar-refractivity contribution in [3.63, 3.8) is 0 Å². The molecule has 9 atom stereocenters. The number of H-pyrrole nitrogens is 1. The zero-order valence-electron chi connectivity index (χ0n) is 34.3. The molecule has 1 aromatic carbocycles. The Morgan fingerprint density at radius 1 is 0.952 bits per heavy atom. The Labute approximate surface area is 354 Å². The lowest BCUT2D eigenvalue weighted by Crippen LogP contribution is -2.66. The minimum absolute atomic E-state index is 0.00307. The number of benzene rings is 1. The first-order valence-electron chi connectivity index (χ1n) is 20.0. The van der Waals surface area contributed by atoms with Crippen LogP contribution in [0.1, 0.15) is 46.1 Å². The molecule has 2 fully saturated rings. The number of hydrogen-bond donors (Lipinski definition) is 9. The molecule has 6 rings (SSSR count). The van der Waals surface area contributed by atoms with Crippen molar-refractivity contribution in [3.8, 4) is 0 Å². The summed E-state index contributed by atoms with van der Waals surface area (Å²) in [7, 11) is 0. The Balaban J connectivity index is 0.953. The largest absolute Gasteiger partial charge is 0.445 e. The standard InChI is InChI=1S/C40H50N10O12/c1-19(2)29(46-26(52)13-16-49-27(53)9-10-28(49)54)37(58)44-20(3)36(57)45-23-7-5-22(6-8-23)17-61-40(60)50-15-12-25(51)32(50)38(59)47-30-21(4)62-39(34(56)33(30)55)48-35-31-24(11-14-41-31)42-18-43-35/h5-11,14,18-21,25,29-30,32-34,39,41,51,55-56H,12-13,15-17H2,1-4H3,(H,44,58)(H,45,57)(H,46,52)(H,47,59)(H,42,43,48)/t20-,21-,25-,29-,30-,32+,33+,34+,39-/m0/s1. The fourth-order valence-electron chi connectivity index (χ4n) is 7.23. The molecule has 3 aliphatic rings. The number of anilines is 2. The van der Waals surface area contributed by atoms with Crippen molar-refractivity contribution in [1.29, 1.82) is 0 Å². The monoisotopic (exact) mass is 862 g/mol. The summed E-state index contributed by atoms with van der Waals surface area (Å²) in [6.07, 6.45) is -1.99. The van der Waals surface area contributed by atoms with Crippen molar-refractivity contribution >= 4 is 64.1 Å². The molecule has 332 valence electrons. The van der Waals surface area contributed by atoms with Gasteiger partial charge in [0.2, 0.25) is 23.6 Å². The van der Waals surface area contributed by atoms with Gasteiger partial charge in [0, 0.05) is 43.5 Å². The number of nitrogens with zero attached hydrogens (tertiary/aromatic N) is 4. The van der Waals surface area contributed by atoms with E-state index in [4.69, 9.17) is 9.47 Å². The van der Waals surface area contributed by atoms with Gasteiger partial charge < -0.3 is 56.4 Å². The number of nitrogens with one attached hydrogen (secondary N) is 6. The topological polar surface area (TPSA) is 307 Å². The molecule has 9 N–H and O–H groups in total. The summed E-state index contributed by atoms with van der Waals surface area (Å²) in [5.41, 5.74) is 2.07. The van der Waals surface area contributed by atoms with Gasteiger partial charge in [-0.1, -0.05) is 26.0 Å². The Bertz CT molecular complexity index is 2180. The quantitative estimate of drug-likeness (QED) is 0.0828. The van der Waals surface area contributed by atoms with Crippen molar-refractivity contribution in [2.75, 3.05) is 23.7 Å². The lowest BCUT2D eigenvalue weighted by molar-refractivity contribution is -0.173. The first kappa shape index (κ1) is 45.0. The van der Waals surface area contributed by atoms with Crippen LogP contribution < -0.4 is 26.6 Å². The summed E-state index contributed by atoms with van der Waals surface area (Å²) in [6.45, 7) is 6.10. The van der Waals surface area contributed by atoms with Gasteiger partial charge in [-0.05, 0) is 49.9 Å². The van der Waals surface area contributed by atoms with Crippen LogP contribution in [0.5, 0.6) is 0 Å². The minimum atomic E-state index is -1.52. The highest BCUT2D eigenvalue weighted by Crippen LogP contribution is 2.27. The molecule has 3 aliphatic heterocycles. The van der Waals surface area contributed by atoms with E-state index < -0.39 is 96.3 Å². The van der Waals surface area contributed by atoms with E-state index in [0.717, 1.165) is 22.0 Å². The van der Waals surface area contributed by atoms with E-state index in [-0.39, 0.29) is 38.5 Å². The third-order valence-corrected chi connectivity index (χ3v) is 10.8. The van der Waals surface area contributed by atoms with Crippen LogP contribution in [-0.4, -0.2) is 150 Å². The van der Waals surface area contributed by atoms with Gasteiger partial charge >= 0.3 is 6.09 Å². The third kappa shape index (κ3) is 10.3. The number of fused-ring (bicyclic) bond motifs is 1. The zero-order valence-corrected chi connectivity index (χ0v) is 34.3. The lowest BCUT2D eigenvalue weighted by Gasteiger charge is -2.42. The number of amides is 7. The number of hydrogen-bond acceptors (Lipinski definition) is 15. The van der Waals surface area contributed by atoms with Gasteiger partial charge in [0.05, 0.1) is 23.8 Å². The number of carbonyl (C=O) groups is 7. The van der Waals surface area contributed by atoms with Crippen LogP contribution in [0.3, 0.4) is 0 Å². The second kappa shape index (κ2) is 19.5. The predicted octanol–water partition coefficient (Wildman–Crippen LogP) is -1.01. The summed E-state index contributed by atoms with van der Waals surface area (Å²) in [5.74, 6) is -3.58. The maximum Gasteiger partial charge on any atom is 0.410 e. The highest BCUT2D eigenvalue weighted by molar-refractivity contribution is 6.13. The van der Waals surface area contributed by atoms with Gasteiger partial charge in [-0.25, -0.2) is 14.8 Å². The zero-order chi connectivity index (χ0) is 44.8. The Morgan fingerprint density at radius 3 is 2.35 bits per heavy atom. The van der Waals surface area contributed by atoms with Crippen molar-refractivity contribution in [3.05, 3.63) is 60.6 Å². The van der Waals surface area contributed by atoms with Gasteiger partial charge in [-0.15, -0.1) is 0 Å². The van der Waals surface area contributed by atoms with Crippen LogP contribution in [0.4, 0.5) is 16.3 Å². The number of rotatable bonds is 15. The molecule has 0 unspecified atom stereocenters. The molecule has 22 heteroatoms. The fraction of sp³-hybridized carbons (Fsp3) is 0.475. The summed E-state index contributed by atoms with van der Waals surface area (Å²) in [6, 6.07) is 3.52. The van der Waals surface area contributed by atoms with E-state index in [0.29, 0.717) is 28.1 Å². The van der Waals surface area contributed by atoms with Crippen LogP contribution >= 0.6 is 0 Å². The number of aliphatic hydroxyl groups excluding tert-OH is 3. The molecule has 3 aromatic rings. The molecule has 0 spiro atoms. The average molecular weight is 863 g/mol. The fourth-order valence-corrected chi connectivity index (χ4v) is 7.23. The van der Waals surface area contributed by atoms with Crippen molar-refractivity contribution in [1.82, 2.24) is 40.7 Å². The van der Waals surface area contributed by atoms with Crippen LogP contribution in [0.15, 0.2) is 55.0 Å². The summed E-state index contributed by atoms with van der Waals surface area (Å²) in [5, 5.41) is 46.2. The summed E-state index contributed by atoms with van der Waals surface area (Å²) < 4.78 is 11.4. The first-order chi connectivity index (χ1) is 29.5. The molecule has 5 heterocycles. The molecule has 0 aliphatic carbocycles. The number of aromatic nitrogens is 3. The number of imide groups is 1. The van der Waals surface area contributed by atoms with Crippen molar-refractivity contribution < 1.29 is 58.4 Å². The Morgan fingerprint density at radius 2 is 1.66 bits per heavy atom. The van der Waals surface area contributed by atoms with Gasteiger partial charge in [-0.3, -0.25) is 38.6 Å². The first-order valence-corrected chi connectivity index (χ1v) is 20.0. The van der Waals surface area contributed by atoms with E-state index in [1.165, 1.54) is 13.3 Å². The number of aliphatic hydroxyl groups is 3. The molecule has 62 heavy (non-hydrogen) atoms. The smallest absolute Gasteiger partial charge is 0.410 e. The maximum absolute atomic E-state index is 13.5. The van der Waals surface area contributed by atoms with Crippen molar-refractivity contribution in [2.45, 2.75) is 102 Å². The van der Waals surface area contributed by atoms with Gasteiger partial charge in [-0.2, -0.15) is 0 Å². The molecule has 7 amide bonds. The predicted molar refractivity (Wildman–Crippen MR) is 217 cm³/mol. The van der Waals surface area contributed by atoms with E-state index in [9.17, 15) is 48.9 Å². The van der Waals surface area contributed by atoms with Gasteiger partial charge in [0.1, 0.15) is 48.8 Å². The highest BCUT2D eigenvalue weighted by Gasteiger charge is 2.47.